The van der Waals surface area contributed by atoms with Crippen LogP contribution in [-0.4, -0.2) is 0 Å². The Morgan fingerprint density at radius 1 is 1.25 bits per heavy atom. The molecule has 16 heavy (non-hydrogen) atoms. The van der Waals surface area contributed by atoms with E-state index in [1.165, 1.54) is 47.9 Å². The van der Waals surface area contributed by atoms with Crippen LogP contribution in [0.25, 0.3) is 5.57 Å². The Morgan fingerprint density at radius 2 is 2.00 bits per heavy atom. The molecule has 0 spiro atoms. The molecule has 0 aliphatic rings. The van der Waals surface area contributed by atoms with Crippen LogP contribution in [0.3, 0.4) is 0 Å². The van der Waals surface area contributed by atoms with E-state index in [2.05, 4.69) is 52.0 Å². The van der Waals surface area contributed by atoms with Crippen molar-refractivity contribution in [1.29, 1.82) is 0 Å². The zero-order chi connectivity index (χ0) is 12.0. The lowest BCUT2D eigenvalue weighted by Gasteiger charge is -2.09. The molecule has 0 atom stereocenters. The van der Waals surface area contributed by atoms with Crippen molar-refractivity contribution >= 4 is 5.57 Å². The van der Waals surface area contributed by atoms with E-state index in [-0.39, 0.29) is 0 Å². The Morgan fingerprint density at radius 3 is 2.62 bits per heavy atom. The second-order valence-corrected chi connectivity index (χ2v) is 4.58. The quantitative estimate of drug-likeness (QED) is 0.597. The molecule has 1 aromatic carbocycles. The van der Waals surface area contributed by atoms with Crippen molar-refractivity contribution < 1.29 is 0 Å². The van der Waals surface area contributed by atoms with Gasteiger partial charge in [-0.2, -0.15) is 0 Å². The minimum Gasteiger partial charge on any atom is -0.0841 e. The molecule has 0 amide bonds. The molecule has 0 bridgehead atoms. The summed E-state index contributed by atoms with van der Waals surface area (Å²) in [5.74, 6) is 0. The average molecular weight is 216 g/mol. The van der Waals surface area contributed by atoms with Crippen LogP contribution in [0, 0.1) is 6.92 Å². The van der Waals surface area contributed by atoms with Crippen molar-refractivity contribution in [3.63, 3.8) is 0 Å². The largest absolute Gasteiger partial charge is 0.0841 e. The van der Waals surface area contributed by atoms with Gasteiger partial charge < -0.3 is 0 Å². The third-order valence-corrected chi connectivity index (χ3v) is 3.23. The van der Waals surface area contributed by atoms with Gasteiger partial charge in [-0.05, 0) is 55.9 Å². The summed E-state index contributed by atoms with van der Waals surface area (Å²) < 4.78 is 0. The topological polar surface area (TPSA) is 0 Å². The number of allylic oxidation sites excluding steroid dienone is 2. The summed E-state index contributed by atoms with van der Waals surface area (Å²) in [7, 11) is 0. The number of aryl methyl sites for hydroxylation is 2. The zero-order valence-corrected chi connectivity index (χ0v) is 11.1. The predicted octanol–water partition coefficient (Wildman–Crippen LogP) is 5.15. The van der Waals surface area contributed by atoms with E-state index in [9.17, 15) is 0 Å². The van der Waals surface area contributed by atoms with Crippen molar-refractivity contribution in [1.82, 2.24) is 0 Å². The minimum atomic E-state index is 1.22. The predicted molar refractivity (Wildman–Crippen MR) is 73.7 cm³/mol. The first kappa shape index (κ1) is 13.0. The second-order valence-electron chi connectivity index (χ2n) is 4.58. The molecule has 1 rings (SSSR count). The SMILES string of the molecule is CC=C(C)c1cc(CCCCC)ccc1C. The first-order valence-corrected chi connectivity index (χ1v) is 6.41. The van der Waals surface area contributed by atoms with Gasteiger partial charge in [0.1, 0.15) is 0 Å². The van der Waals surface area contributed by atoms with Gasteiger partial charge in [0, 0.05) is 0 Å². The molecular weight excluding hydrogens is 192 g/mol. The number of rotatable bonds is 5. The van der Waals surface area contributed by atoms with Crippen molar-refractivity contribution in [3.05, 3.63) is 41.0 Å². The third kappa shape index (κ3) is 3.52. The Hall–Kier alpha value is -1.04. The molecule has 0 aliphatic heterocycles. The van der Waals surface area contributed by atoms with Crippen LogP contribution in [0.4, 0.5) is 0 Å². The smallest absolute Gasteiger partial charge is 0.0199 e. The van der Waals surface area contributed by atoms with E-state index in [1.54, 1.807) is 0 Å². The molecule has 0 heteroatoms. The fourth-order valence-electron chi connectivity index (χ4n) is 1.98. The summed E-state index contributed by atoms with van der Waals surface area (Å²) in [6.45, 7) is 8.75. The van der Waals surface area contributed by atoms with Crippen LogP contribution < -0.4 is 0 Å². The highest BCUT2D eigenvalue weighted by atomic mass is 14.1. The van der Waals surface area contributed by atoms with Crippen LogP contribution >= 0.6 is 0 Å². The van der Waals surface area contributed by atoms with Gasteiger partial charge in [-0.3, -0.25) is 0 Å². The van der Waals surface area contributed by atoms with Crippen LogP contribution in [0.15, 0.2) is 24.3 Å². The lowest BCUT2D eigenvalue weighted by Crippen LogP contribution is -1.91. The molecule has 0 aliphatic carbocycles. The number of benzene rings is 1. The standard InChI is InChI=1S/C16H24/c1-5-7-8-9-15-11-10-14(4)16(12-15)13(3)6-2/h6,10-12H,5,7-9H2,1-4H3. The Bertz CT molecular complexity index is 358. The van der Waals surface area contributed by atoms with Gasteiger partial charge in [0.05, 0.1) is 0 Å². The Labute approximate surface area is 100 Å². The lowest BCUT2D eigenvalue weighted by molar-refractivity contribution is 0.717. The molecule has 0 fully saturated rings. The van der Waals surface area contributed by atoms with Gasteiger partial charge in [-0.25, -0.2) is 0 Å². The van der Waals surface area contributed by atoms with E-state index in [1.807, 2.05) is 0 Å². The normalized spacial score (nSPS) is 11.9. The molecule has 88 valence electrons. The lowest BCUT2D eigenvalue weighted by atomic mass is 9.97. The van der Waals surface area contributed by atoms with Gasteiger partial charge >= 0.3 is 0 Å². The van der Waals surface area contributed by atoms with E-state index in [4.69, 9.17) is 0 Å². The van der Waals surface area contributed by atoms with Crippen LogP contribution in [0.1, 0.15) is 56.7 Å². The van der Waals surface area contributed by atoms with Crippen molar-refractivity contribution in [3.8, 4) is 0 Å². The maximum absolute atomic E-state index is 2.36. The van der Waals surface area contributed by atoms with Crippen molar-refractivity contribution in [2.24, 2.45) is 0 Å². The molecule has 0 saturated heterocycles. The fourth-order valence-corrected chi connectivity index (χ4v) is 1.98. The highest BCUT2D eigenvalue weighted by Crippen LogP contribution is 2.21. The summed E-state index contributed by atoms with van der Waals surface area (Å²) in [6, 6.07) is 6.89. The maximum Gasteiger partial charge on any atom is -0.0199 e. The van der Waals surface area contributed by atoms with Gasteiger partial charge in [0.15, 0.2) is 0 Å². The maximum atomic E-state index is 2.36. The van der Waals surface area contributed by atoms with Crippen molar-refractivity contribution in [2.45, 2.75) is 53.4 Å². The van der Waals surface area contributed by atoms with Crippen LogP contribution in [0.5, 0.6) is 0 Å². The number of unbranched alkanes of at least 4 members (excludes halogenated alkanes) is 2. The highest BCUT2D eigenvalue weighted by molar-refractivity contribution is 5.66. The minimum absolute atomic E-state index is 1.22. The molecule has 0 radical (unpaired) electrons. The van der Waals surface area contributed by atoms with E-state index in [0.717, 1.165) is 0 Å². The molecule has 1 aromatic rings. The number of hydrogen-bond acceptors (Lipinski definition) is 0. The van der Waals surface area contributed by atoms with E-state index in [0.29, 0.717) is 0 Å². The fraction of sp³-hybridized carbons (Fsp3) is 0.500. The summed E-state index contributed by atoms with van der Waals surface area (Å²) in [4.78, 5) is 0. The van der Waals surface area contributed by atoms with Gasteiger partial charge in [0.25, 0.3) is 0 Å². The Balaban J connectivity index is 2.81. The zero-order valence-electron chi connectivity index (χ0n) is 11.1. The Kier molecular flexibility index (Phi) is 5.31. The summed E-state index contributed by atoms with van der Waals surface area (Å²) in [5, 5.41) is 0. The summed E-state index contributed by atoms with van der Waals surface area (Å²) >= 11 is 0. The second kappa shape index (κ2) is 6.52. The third-order valence-electron chi connectivity index (χ3n) is 3.23. The van der Waals surface area contributed by atoms with E-state index < -0.39 is 0 Å². The average Bonchev–Trinajstić information content (AvgIpc) is 2.30. The number of hydrogen-bond donors (Lipinski definition) is 0. The summed E-state index contributed by atoms with van der Waals surface area (Å²) in [6.07, 6.45) is 7.36. The van der Waals surface area contributed by atoms with Crippen LogP contribution in [0.2, 0.25) is 0 Å². The van der Waals surface area contributed by atoms with Crippen LogP contribution in [-0.2, 0) is 6.42 Å². The first-order valence-electron chi connectivity index (χ1n) is 6.41. The highest BCUT2D eigenvalue weighted by Gasteiger charge is 2.01. The first-order chi connectivity index (χ1) is 7.69. The van der Waals surface area contributed by atoms with Gasteiger partial charge in [-0.1, -0.05) is 44.0 Å². The molecule has 0 unspecified atom stereocenters. The molecular formula is C16H24. The molecule has 0 nitrogen and oxygen atoms in total. The molecule has 0 N–H and O–H groups in total. The van der Waals surface area contributed by atoms with Gasteiger partial charge in [0.2, 0.25) is 0 Å². The van der Waals surface area contributed by atoms with E-state index >= 15 is 0 Å². The molecule has 0 heterocycles. The monoisotopic (exact) mass is 216 g/mol. The molecule has 0 aromatic heterocycles. The molecule has 0 saturated carbocycles. The van der Waals surface area contributed by atoms with Crippen molar-refractivity contribution in [2.75, 3.05) is 0 Å². The summed E-state index contributed by atoms with van der Waals surface area (Å²) in [5.41, 5.74) is 5.66. The van der Waals surface area contributed by atoms with Gasteiger partial charge in [-0.15, -0.1) is 0 Å².